The van der Waals surface area contributed by atoms with Gasteiger partial charge in [-0.15, -0.1) is 0 Å². The van der Waals surface area contributed by atoms with Crippen LogP contribution in [0.5, 0.6) is 0 Å². The number of para-hydroxylation sites is 1. The second-order valence-electron chi connectivity index (χ2n) is 6.71. The van der Waals surface area contributed by atoms with Gasteiger partial charge < -0.3 is 14.9 Å². The van der Waals surface area contributed by atoms with Crippen molar-refractivity contribution in [3.05, 3.63) is 64.7 Å². The summed E-state index contributed by atoms with van der Waals surface area (Å²) in [4.78, 5) is 28.0. The Morgan fingerprint density at radius 2 is 1.88 bits per heavy atom. The monoisotopic (exact) mass is 350 g/mol. The lowest BCUT2D eigenvalue weighted by molar-refractivity contribution is -0.135. The minimum Gasteiger partial charge on any atom is -0.480 e. The molecule has 1 N–H and O–H groups in total. The van der Waals surface area contributed by atoms with Crippen molar-refractivity contribution < 1.29 is 14.7 Å². The van der Waals surface area contributed by atoms with Gasteiger partial charge in [0.15, 0.2) is 5.78 Å². The van der Waals surface area contributed by atoms with Crippen molar-refractivity contribution in [2.45, 2.75) is 6.92 Å². The molecular weight excluding hydrogens is 328 g/mol. The fourth-order valence-electron chi connectivity index (χ4n) is 3.27. The van der Waals surface area contributed by atoms with Crippen molar-refractivity contribution >= 4 is 29.2 Å². The highest BCUT2D eigenvalue weighted by atomic mass is 16.4. The van der Waals surface area contributed by atoms with Gasteiger partial charge >= 0.3 is 5.97 Å². The van der Waals surface area contributed by atoms with Gasteiger partial charge in [0.05, 0.1) is 5.69 Å². The van der Waals surface area contributed by atoms with E-state index in [9.17, 15) is 14.7 Å². The topological polar surface area (TPSA) is 60.9 Å². The van der Waals surface area contributed by atoms with Crippen molar-refractivity contribution in [3.8, 4) is 0 Å². The number of hydrogen-bond acceptors (Lipinski definition) is 4. The maximum absolute atomic E-state index is 12.9. The first-order valence-corrected chi connectivity index (χ1v) is 8.46. The maximum Gasteiger partial charge on any atom is 0.323 e. The van der Waals surface area contributed by atoms with E-state index in [2.05, 4.69) is 0 Å². The molecule has 0 aliphatic carbocycles. The third-order valence-corrected chi connectivity index (χ3v) is 4.53. The van der Waals surface area contributed by atoms with Crippen LogP contribution in [0.2, 0.25) is 0 Å². The summed E-state index contributed by atoms with van der Waals surface area (Å²) in [5.41, 5.74) is 4.79. The molecule has 1 heterocycles. The fourth-order valence-corrected chi connectivity index (χ4v) is 3.27. The first kappa shape index (κ1) is 17.7. The van der Waals surface area contributed by atoms with Gasteiger partial charge in [-0.1, -0.05) is 24.3 Å². The van der Waals surface area contributed by atoms with E-state index in [0.29, 0.717) is 17.7 Å². The molecule has 0 saturated heterocycles. The molecule has 0 fully saturated rings. The molecule has 1 aliphatic heterocycles. The Bertz CT molecular complexity index is 883. The number of carbonyl (C=O) groups excluding carboxylic acids is 1. The Morgan fingerprint density at radius 3 is 2.50 bits per heavy atom. The number of aryl methyl sites for hydroxylation is 1. The first-order valence-electron chi connectivity index (χ1n) is 8.46. The lowest BCUT2D eigenvalue weighted by Gasteiger charge is -2.32. The molecule has 2 aromatic rings. The molecule has 5 heteroatoms. The molecule has 0 spiro atoms. The summed E-state index contributed by atoms with van der Waals surface area (Å²) in [6.07, 6.45) is 1.85. The third kappa shape index (κ3) is 3.47. The molecule has 5 nitrogen and oxygen atoms in total. The van der Waals surface area contributed by atoms with Crippen LogP contribution < -0.4 is 9.80 Å². The molecule has 1 aliphatic rings. The van der Waals surface area contributed by atoms with Crippen molar-refractivity contribution in [2.75, 3.05) is 37.0 Å². The number of Topliss-reactive ketones (excluding diaryl/α,β-unsaturated/α-hetero) is 1. The Hall–Kier alpha value is -3.08. The highest BCUT2D eigenvalue weighted by molar-refractivity contribution is 6.17. The molecule has 26 heavy (non-hydrogen) atoms. The molecule has 134 valence electrons. The van der Waals surface area contributed by atoms with Gasteiger partial charge in [-0.25, -0.2) is 0 Å². The first-order chi connectivity index (χ1) is 12.4. The maximum atomic E-state index is 12.9. The number of anilines is 2. The van der Waals surface area contributed by atoms with Crippen LogP contribution in [0, 0.1) is 6.92 Å². The minimum absolute atomic E-state index is 0.0398. The summed E-state index contributed by atoms with van der Waals surface area (Å²) in [5.74, 6) is -0.953. The summed E-state index contributed by atoms with van der Waals surface area (Å²) < 4.78 is 0. The summed E-state index contributed by atoms with van der Waals surface area (Å²) in [5, 5.41) is 9.26. The van der Waals surface area contributed by atoms with Crippen LogP contribution >= 0.6 is 0 Å². The Kier molecular flexibility index (Phi) is 4.80. The molecular formula is C21H22N2O3. The number of ketones is 1. The number of nitrogens with zero attached hydrogens (tertiary/aromatic N) is 2. The van der Waals surface area contributed by atoms with E-state index in [1.165, 1.54) is 0 Å². The van der Waals surface area contributed by atoms with E-state index in [1.54, 1.807) is 11.0 Å². The SMILES string of the molecule is Cc1cccc2c1N(CC(=O)O)C/C(=C\c1ccc(N(C)C)cc1)C2=O. The average molecular weight is 350 g/mol. The Labute approximate surface area is 153 Å². The number of aliphatic carboxylic acids is 1. The summed E-state index contributed by atoms with van der Waals surface area (Å²) in [6, 6.07) is 13.4. The predicted molar refractivity (Wildman–Crippen MR) is 104 cm³/mol. The number of fused-ring (bicyclic) bond motifs is 1. The van der Waals surface area contributed by atoms with Crippen LogP contribution in [0.4, 0.5) is 11.4 Å². The smallest absolute Gasteiger partial charge is 0.323 e. The molecule has 0 saturated carbocycles. The van der Waals surface area contributed by atoms with Gasteiger partial charge in [0, 0.05) is 37.5 Å². The van der Waals surface area contributed by atoms with Gasteiger partial charge in [0.2, 0.25) is 0 Å². The van der Waals surface area contributed by atoms with Gasteiger partial charge in [-0.05, 0) is 42.3 Å². The molecule has 3 rings (SSSR count). The van der Waals surface area contributed by atoms with Gasteiger partial charge in [0.1, 0.15) is 6.54 Å². The van der Waals surface area contributed by atoms with E-state index in [1.807, 2.05) is 68.4 Å². The Balaban J connectivity index is 2.00. The number of carboxylic acids is 1. The largest absolute Gasteiger partial charge is 0.480 e. The zero-order valence-electron chi connectivity index (χ0n) is 15.2. The fraction of sp³-hybridized carbons (Fsp3) is 0.238. The zero-order chi connectivity index (χ0) is 18.8. The van der Waals surface area contributed by atoms with E-state index in [-0.39, 0.29) is 12.3 Å². The molecule has 2 aromatic carbocycles. The summed E-state index contributed by atoms with van der Waals surface area (Å²) in [7, 11) is 3.95. The zero-order valence-corrected chi connectivity index (χ0v) is 15.2. The summed E-state index contributed by atoms with van der Waals surface area (Å²) >= 11 is 0. The molecule has 0 amide bonds. The van der Waals surface area contributed by atoms with E-state index >= 15 is 0 Å². The standard InChI is InChI=1S/C21H22N2O3/c1-14-5-4-6-18-20(14)23(13-19(24)25)12-16(21(18)26)11-15-7-9-17(10-8-15)22(2)3/h4-11H,12-13H2,1-3H3,(H,24,25)/b16-11+. The number of hydrogen-bond donors (Lipinski definition) is 1. The molecule has 0 atom stereocenters. The molecule has 0 radical (unpaired) electrons. The van der Waals surface area contributed by atoms with Crippen LogP contribution in [0.15, 0.2) is 48.0 Å². The number of benzene rings is 2. The third-order valence-electron chi connectivity index (χ3n) is 4.53. The van der Waals surface area contributed by atoms with Crippen LogP contribution in [-0.2, 0) is 4.79 Å². The quantitative estimate of drug-likeness (QED) is 0.858. The second kappa shape index (κ2) is 7.04. The van der Waals surface area contributed by atoms with E-state index in [4.69, 9.17) is 0 Å². The number of carbonyl (C=O) groups is 2. The summed E-state index contributed by atoms with van der Waals surface area (Å²) in [6.45, 7) is 2.05. The predicted octanol–water partition coefficient (Wildman–Crippen LogP) is 3.23. The normalized spacial score (nSPS) is 15.1. The lowest BCUT2D eigenvalue weighted by atomic mass is 9.92. The van der Waals surface area contributed by atoms with Gasteiger partial charge in [0.25, 0.3) is 0 Å². The average Bonchev–Trinajstić information content (AvgIpc) is 2.59. The van der Waals surface area contributed by atoms with Crippen molar-refractivity contribution in [2.24, 2.45) is 0 Å². The van der Waals surface area contributed by atoms with Crippen LogP contribution in [0.1, 0.15) is 21.5 Å². The van der Waals surface area contributed by atoms with E-state index in [0.717, 1.165) is 22.5 Å². The second-order valence-corrected chi connectivity index (χ2v) is 6.71. The number of carboxylic acid groups (broad SMARTS) is 1. The molecule has 0 aromatic heterocycles. The van der Waals surface area contributed by atoms with Crippen LogP contribution in [0.3, 0.4) is 0 Å². The van der Waals surface area contributed by atoms with Gasteiger partial charge in [-0.3, -0.25) is 9.59 Å². The molecule has 0 bridgehead atoms. The Morgan fingerprint density at radius 1 is 1.19 bits per heavy atom. The molecule has 0 unspecified atom stereocenters. The van der Waals surface area contributed by atoms with Crippen LogP contribution in [0.25, 0.3) is 6.08 Å². The van der Waals surface area contributed by atoms with Gasteiger partial charge in [-0.2, -0.15) is 0 Å². The van der Waals surface area contributed by atoms with Crippen molar-refractivity contribution in [3.63, 3.8) is 0 Å². The lowest BCUT2D eigenvalue weighted by Crippen LogP contribution is -2.38. The highest BCUT2D eigenvalue weighted by Gasteiger charge is 2.29. The van der Waals surface area contributed by atoms with Crippen molar-refractivity contribution in [1.29, 1.82) is 0 Å². The van der Waals surface area contributed by atoms with Crippen molar-refractivity contribution in [1.82, 2.24) is 0 Å². The van der Waals surface area contributed by atoms with Crippen LogP contribution in [-0.4, -0.2) is 44.0 Å². The minimum atomic E-state index is -0.914. The van der Waals surface area contributed by atoms with E-state index < -0.39 is 5.97 Å². The number of rotatable bonds is 4. The highest BCUT2D eigenvalue weighted by Crippen LogP contribution is 2.33.